The smallest absolute Gasteiger partial charge is 0.125 e. The molecule has 0 saturated carbocycles. The SMILES string of the molecule is CC.C[NH+](C)CCc1c[nH]c2cccc(O)c12. The second-order valence-corrected chi connectivity index (χ2v) is 4.22. The van der Waals surface area contributed by atoms with Crippen LogP contribution in [0.5, 0.6) is 5.75 Å². The summed E-state index contributed by atoms with van der Waals surface area (Å²) in [6, 6.07) is 5.58. The summed E-state index contributed by atoms with van der Waals surface area (Å²) in [6.07, 6.45) is 2.98. The number of phenols is 1. The first-order valence-electron chi connectivity index (χ1n) is 6.25. The fourth-order valence-corrected chi connectivity index (χ4v) is 1.82. The van der Waals surface area contributed by atoms with Gasteiger partial charge in [-0.25, -0.2) is 0 Å². The van der Waals surface area contributed by atoms with Gasteiger partial charge < -0.3 is 15.0 Å². The van der Waals surface area contributed by atoms with Gasteiger partial charge in [-0.05, 0) is 17.7 Å². The highest BCUT2D eigenvalue weighted by molar-refractivity contribution is 5.88. The topological polar surface area (TPSA) is 40.5 Å². The molecule has 0 aliphatic rings. The van der Waals surface area contributed by atoms with Gasteiger partial charge in [-0.15, -0.1) is 0 Å². The Morgan fingerprint density at radius 3 is 2.59 bits per heavy atom. The molecule has 0 aliphatic heterocycles. The van der Waals surface area contributed by atoms with Gasteiger partial charge >= 0.3 is 0 Å². The van der Waals surface area contributed by atoms with Crippen molar-refractivity contribution in [2.24, 2.45) is 0 Å². The summed E-state index contributed by atoms with van der Waals surface area (Å²) < 4.78 is 0. The molecule has 2 aromatic rings. The molecular weight excluding hydrogens is 212 g/mol. The fourth-order valence-electron chi connectivity index (χ4n) is 1.82. The largest absolute Gasteiger partial charge is 0.507 e. The number of fused-ring (bicyclic) bond motifs is 1. The van der Waals surface area contributed by atoms with Crippen LogP contribution in [0.4, 0.5) is 0 Å². The third kappa shape index (κ3) is 3.24. The van der Waals surface area contributed by atoms with E-state index in [9.17, 15) is 5.11 Å². The van der Waals surface area contributed by atoms with Gasteiger partial charge in [-0.3, -0.25) is 0 Å². The van der Waals surface area contributed by atoms with E-state index in [-0.39, 0.29) is 0 Å². The first-order chi connectivity index (χ1) is 8.18. The third-order valence-corrected chi connectivity index (χ3v) is 2.66. The Morgan fingerprint density at radius 2 is 1.94 bits per heavy atom. The number of hydrogen-bond donors (Lipinski definition) is 3. The first kappa shape index (κ1) is 13.6. The zero-order valence-electron chi connectivity index (χ0n) is 11.2. The standard InChI is InChI=1S/C12H16N2O.C2H6/c1-14(2)7-6-9-8-13-10-4-3-5-11(15)12(9)10;1-2/h3-5,8,13,15H,6-7H2,1-2H3;1-2H3/p+1. The number of hydrogen-bond acceptors (Lipinski definition) is 1. The second-order valence-electron chi connectivity index (χ2n) is 4.22. The minimum Gasteiger partial charge on any atom is -0.507 e. The molecule has 94 valence electrons. The molecule has 0 radical (unpaired) electrons. The number of aromatic nitrogens is 1. The summed E-state index contributed by atoms with van der Waals surface area (Å²) in [7, 11) is 4.27. The van der Waals surface area contributed by atoms with E-state index in [1.54, 1.807) is 6.07 Å². The molecule has 1 aromatic heterocycles. The quantitative estimate of drug-likeness (QED) is 0.743. The monoisotopic (exact) mass is 235 g/mol. The van der Waals surface area contributed by atoms with Crippen LogP contribution >= 0.6 is 0 Å². The number of H-pyrrole nitrogens is 1. The molecule has 17 heavy (non-hydrogen) atoms. The number of aromatic hydroxyl groups is 1. The van der Waals surface area contributed by atoms with E-state index in [4.69, 9.17) is 0 Å². The molecule has 3 nitrogen and oxygen atoms in total. The number of phenolic OH excluding ortho intramolecular Hbond substituents is 1. The molecular formula is C14H23N2O+. The van der Waals surface area contributed by atoms with Crippen LogP contribution in [0.2, 0.25) is 0 Å². The van der Waals surface area contributed by atoms with Gasteiger partial charge in [0.1, 0.15) is 5.75 Å². The molecule has 3 N–H and O–H groups in total. The molecule has 0 saturated heterocycles. The summed E-state index contributed by atoms with van der Waals surface area (Å²) in [5, 5.41) is 10.8. The van der Waals surface area contributed by atoms with E-state index in [1.165, 1.54) is 10.5 Å². The molecule has 0 aliphatic carbocycles. The average molecular weight is 235 g/mol. The number of nitrogens with one attached hydrogen (secondary N) is 2. The predicted octanol–water partition coefficient (Wildman–Crippen LogP) is 1.59. The molecule has 2 rings (SSSR count). The van der Waals surface area contributed by atoms with Crippen LogP contribution < -0.4 is 4.90 Å². The minimum atomic E-state index is 0.373. The van der Waals surface area contributed by atoms with Crippen molar-refractivity contribution >= 4 is 10.9 Å². The van der Waals surface area contributed by atoms with E-state index in [1.807, 2.05) is 32.2 Å². The van der Waals surface area contributed by atoms with Crippen molar-refractivity contribution in [3.05, 3.63) is 30.0 Å². The van der Waals surface area contributed by atoms with Gasteiger partial charge in [0.2, 0.25) is 0 Å². The maximum atomic E-state index is 9.78. The van der Waals surface area contributed by atoms with E-state index in [2.05, 4.69) is 19.1 Å². The molecule has 0 atom stereocenters. The number of benzene rings is 1. The van der Waals surface area contributed by atoms with Crippen molar-refractivity contribution in [1.29, 1.82) is 0 Å². The third-order valence-electron chi connectivity index (χ3n) is 2.66. The molecule has 1 aromatic carbocycles. The normalized spacial score (nSPS) is 10.4. The minimum absolute atomic E-state index is 0.373. The molecule has 0 fully saturated rings. The molecule has 1 heterocycles. The molecule has 0 unspecified atom stereocenters. The first-order valence-corrected chi connectivity index (χ1v) is 6.25. The molecule has 0 amide bonds. The van der Waals surface area contributed by atoms with E-state index in [0.717, 1.165) is 23.9 Å². The summed E-state index contributed by atoms with van der Waals surface area (Å²) in [5.74, 6) is 0.373. The maximum Gasteiger partial charge on any atom is 0.125 e. The summed E-state index contributed by atoms with van der Waals surface area (Å²) in [4.78, 5) is 4.60. The zero-order valence-corrected chi connectivity index (χ0v) is 11.2. The van der Waals surface area contributed by atoms with Gasteiger partial charge in [-0.1, -0.05) is 19.9 Å². The van der Waals surface area contributed by atoms with Crippen molar-refractivity contribution in [2.75, 3.05) is 20.6 Å². The van der Waals surface area contributed by atoms with Crippen LogP contribution in [0.15, 0.2) is 24.4 Å². The van der Waals surface area contributed by atoms with Crippen molar-refractivity contribution in [3.63, 3.8) is 0 Å². The predicted molar refractivity (Wildman–Crippen MR) is 72.7 cm³/mol. The van der Waals surface area contributed by atoms with Gasteiger partial charge in [0.05, 0.1) is 20.6 Å². The number of aromatic amines is 1. The van der Waals surface area contributed by atoms with E-state index in [0.29, 0.717) is 5.75 Å². The average Bonchev–Trinajstić information content (AvgIpc) is 2.74. The van der Waals surface area contributed by atoms with Crippen LogP contribution in [0.1, 0.15) is 19.4 Å². The number of quaternary nitrogens is 1. The highest BCUT2D eigenvalue weighted by Crippen LogP contribution is 2.27. The van der Waals surface area contributed by atoms with Crippen LogP contribution in [-0.4, -0.2) is 30.7 Å². The van der Waals surface area contributed by atoms with Crippen LogP contribution in [0, 0.1) is 0 Å². The molecule has 0 bridgehead atoms. The summed E-state index contributed by atoms with van der Waals surface area (Å²) >= 11 is 0. The Hall–Kier alpha value is -1.48. The van der Waals surface area contributed by atoms with Crippen molar-refractivity contribution < 1.29 is 10.0 Å². The van der Waals surface area contributed by atoms with Crippen molar-refractivity contribution in [1.82, 2.24) is 4.98 Å². The lowest BCUT2D eigenvalue weighted by atomic mass is 10.1. The highest BCUT2D eigenvalue weighted by atomic mass is 16.3. The van der Waals surface area contributed by atoms with Crippen molar-refractivity contribution in [3.8, 4) is 5.75 Å². The lowest BCUT2D eigenvalue weighted by Crippen LogP contribution is -3.05. The lowest BCUT2D eigenvalue weighted by Gasteiger charge is -2.06. The van der Waals surface area contributed by atoms with Crippen LogP contribution in [0.25, 0.3) is 10.9 Å². The van der Waals surface area contributed by atoms with E-state index >= 15 is 0 Å². The second kappa shape index (κ2) is 6.30. The van der Waals surface area contributed by atoms with E-state index < -0.39 is 0 Å². The summed E-state index contributed by atoms with van der Waals surface area (Å²) in [6.45, 7) is 5.07. The fraction of sp³-hybridized carbons (Fsp3) is 0.429. The Labute approximate surface area is 103 Å². The van der Waals surface area contributed by atoms with Gasteiger partial charge in [0.25, 0.3) is 0 Å². The van der Waals surface area contributed by atoms with Crippen LogP contribution in [-0.2, 0) is 6.42 Å². The number of rotatable bonds is 3. The Morgan fingerprint density at radius 1 is 1.24 bits per heavy atom. The Bertz CT molecular complexity index is 460. The van der Waals surface area contributed by atoms with Gasteiger partial charge in [0, 0.05) is 23.5 Å². The van der Waals surface area contributed by atoms with Gasteiger partial charge in [-0.2, -0.15) is 0 Å². The van der Waals surface area contributed by atoms with Crippen LogP contribution in [0.3, 0.4) is 0 Å². The molecule has 0 spiro atoms. The van der Waals surface area contributed by atoms with Crippen molar-refractivity contribution in [2.45, 2.75) is 20.3 Å². The van der Waals surface area contributed by atoms with Gasteiger partial charge in [0.15, 0.2) is 0 Å². The Kier molecular flexibility index (Phi) is 5.04. The summed E-state index contributed by atoms with van der Waals surface area (Å²) in [5.41, 5.74) is 2.21. The zero-order chi connectivity index (χ0) is 12.8. The number of likely N-dealkylation sites (N-methyl/N-ethyl adjacent to an activating group) is 1. The lowest BCUT2D eigenvalue weighted by molar-refractivity contribution is -0.858. The Balaban J connectivity index is 0.000000686. The maximum absolute atomic E-state index is 9.78. The molecule has 3 heteroatoms. The highest BCUT2D eigenvalue weighted by Gasteiger charge is 2.08.